The fraction of sp³-hybridized carbons (Fsp3) is 0.462. The standard InChI is InChI=1S/C26H33N3O3/c1-32-24-12-6-5-11-22(24)23(28-14-7-8-15-28)18-27-26(31)21-17-25(30)29(19-21)16-13-20-9-3-2-4-10-20/h2-6,9-12,21,23H,7-8,13-19H2,1H3,(H,27,31). The van der Waals surface area contributed by atoms with Crippen LogP contribution in [-0.4, -0.2) is 61.4 Å². The van der Waals surface area contributed by atoms with Crippen molar-refractivity contribution in [3.8, 4) is 5.75 Å². The number of hydrogen-bond donors (Lipinski definition) is 1. The lowest BCUT2D eigenvalue weighted by Gasteiger charge is -2.29. The molecule has 2 fully saturated rings. The summed E-state index contributed by atoms with van der Waals surface area (Å²) in [6.07, 6.45) is 3.45. The predicted octanol–water partition coefficient (Wildman–Crippen LogP) is 3.04. The average molecular weight is 436 g/mol. The van der Waals surface area contributed by atoms with E-state index in [4.69, 9.17) is 4.74 Å². The highest BCUT2D eigenvalue weighted by Gasteiger charge is 2.35. The summed E-state index contributed by atoms with van der Waals surface area (Å²) in [7, 11) is 1.69. The molecule has 6 nitrogen and oxygen atoms in total. The van der Waals surface area contributed by atoms with Crippen molar-refractivity contribution >= 4 is 11.8 Å². The van der Waals surface area contributed by atoms with Crippen LogP contribution in [0.3, 0.4) is 0 Å². The molecule has 4 rings (SSSR count). The third-order valence-corrected chi connectivity index (χ3v) is 6.65. The van der Waals surface area contributed by atoms with E-state index >= 15 is 0 Å². The summed E-state index contributed by atoms with van der Waals surface area (Å²) in [5.74, 6) is 0.610. The van der Waals surface area contributed by atoms with E-state index in [1.54, 1.807) is 7.11 Å². The monoisotopic (exact) mass is 435 g/mol. The highest BCUT2D eigenvalue weighted by Crippen LogP contribution is 2.31. The summed E-state index contributed by atoms with van der Waals surface area (Å²) < 4.78 is 5.59. The Morgan fingerprint density at radius 2 is 1.81 bits per heavy atom. The molecule has 170 valence electrons. The predicted molar refractivity (Wildman–Crippen MR) is 124 cm³/mol. The van der Waals surface area contributed by atoms with Crippen LogP contribution in [0.1, 0.15) is 36.4 Å². The van der Waals surface area contributed by atoms with Crippen molar-refractivity contribution in [3.63, 3.8) is 0 Å². The Morgan fingerprint density at radius 3 is 2.56 bits per heavy atom. The van der Waals surface area contributed by atoms with E-state index in [-0.39, 0.29) is 23.8 Å². The number of amides is 2. The van der Waals surface area contributed by atoms with Crippen LogP contribution >= 0.6 is 0 Å². The molecule has 1 N–H and O–H groups in total. The van der Waals surface area contributed by atoms with Gasteiger partial charge in [0.1, 0.15) is 5.75 Å². The van der Waals surface area contributed by atoms with Crippen LogP contribution in [0.5, 0.6) is 5.75 Å². The van der Waals surface area contributed by atoms with Crippen LogP contribution in [0.2, 0.25) is 0 Å². The molecule has 0 aliphatic carbocycles. The Hall–Kier alpha value is -2.86. The third kappa shape index (κ3) is 5.30. The first-order chi connectivity index (χ1) is 15.7. The zero-order valence-corrected chi connectivity index (χ0v) is 18.8. The fourth-order valence-electron chi connectivity index (χ4n) is 4.84. The highest BCUT2D eigenvalue weighted by atomic mass is 16.5. The van der Waals surface area contributed by atoms with Crippen molar-refractivity contribution < 1.29 is 14.3 Å². The fourth-order valence-corrected chi connectivity index (χ4v) is 4.84. The van der Waals surface area contributed by atoms with E-state index in [1.165, 1.54) is 18.4 Å². The molecule has 0 spiro atoms. The number of nitrogens with one attached hydrogen (secondary N) is 1. The number of methoxy groups -OCH3 is 1. The zero-order valence-electron chi connectivity index (χ0n) is 18.8. The first-order valence-electron chi connectivity index (χ1n) is 11.6. The number of para-hydroxylation sites is 1. The second kappa shape index (κ2) is 10.6. The van der Waals surface area contributed by atoms with Crippen molar-refractivity contribution in [2.24, 2.45) is 5.92 Å². The Labute approximate surface area is 190 Å². The molecule has 32 heavy (non-hydrogen) atoms. The van der Waals surface area contributed by atoms with Crippen molar-refractivity contribution in [2.45, 2.75) is 31.7 Å². The van der Waals surface area contributed by atoms with Gasteiger partial charge < -0.3 is 15.0 Å². The van der Waals surface area contributed by atoms with Gasteiger partial charge in [0, 0.05) is 31.6 Å². The van der Waals surface area contributed by atoms with Gasteiger partial charge in [-0.25, -0.2) is 0 Å². The second-order valence-electron chi connectivity index (χ2n) is 8.72. The van der Waals surface area contributed by atoms with Gasteiger partial charge in [-0.15, -0.1) is 0 Å². The maximum absolute atomic E-state index is 13.0. The molecule has 2 aliphatic heterocycles. The normalized spacial score (nSPS) is 19.8. The first kappa shape index (κ1) is 22.3. The topological polar surface area (TPSA) is 61.9 Å². The number of carbonyl (C=O) groups is 2. The number of nitrogens with zero attached hydrogens (tertiary/aromatic N) is 2. The van der Waals surface area contributed by atoms with E-state index in [1.807, 2.05) is 41.3 Å². The van der Waals surface area contributed by atoms with Crippen LogP contribution < -0.4 is 10.1 Å². The molecule has 2 aromatic rings. The lowest BCUT2D eigenvalue weighted by molar-refractivity contribution is -0.129. The van der Waals surface area contributed by atoms with Crippen molar-refractivity contribution in [1.29, 1.82) is 0 Å². The molecule has 0 bridgehead atoms. The number of carbonyl (C=O) groups excluding carboxylic acids is 2. The minimum absolute atomic E-state index is 0.0281. The number of rotatable bonds is 9. The summed E-state index contributed by atoms with van der Waals surface area (Å²) >= 11 is 0. The summed E-state index contributed by atoms with van der Waals surface area (Å²) in [6.45, 7) is 3.72. The van der Waals surface area contributed by atoms with Crippen LogP contribution in [0.15, 0.2) is 54.6 Å². The van der Waals surface area contributed by atoms with Gasteiger partial charge in [-0.2, -0.15) is 0 Å². The van der Waals surface area contributed by atoms with Gasteiger partial charge in [-0.1, -0.05) is 48.5 Å². The van der Waals surface area contributed by atoms with Gasteiger partial charge >= 0.3 is 0 Å². The summed E-state index contributed by atoms with van der Waals surface area (Å²) in [6, 6.07) is 18.3. The first-order valence-corrected chi connectivity index (χ1v) is 11.6. The molecule has 0 saturated carbocycles. The van der Waals surface area contributed by atoms with Crippen molar-refractivity contribution in [1.82, 2.24) is 15.1 Å². The molecule has 2 atom stereocenters. The van der Waals surface area contributed by atoms with E-state index in [0.717, 1.165) is 30.8 Å². The van der Waals surface area contributed by atoms with Crippen molar-refractivity contribution in [2.75, 3.05) is 39.8 Å². The lowest BCUT2D eigenvalue weighted by atomic mass is 10.0. The molecule has 0 aromatic heterocycles. The highest BCUT2D eigenvalue weighted by molar-refractivity contribution is 5.89. The Bertz CT molecular complexity index is 912. The molecule has 2 amide bonds. The number of ether oxygens (including phenoxy) is 1. The number of hydrogen-bond acceptors (Lipinski definition) is 4. The summed E-state index contributed by atoms with van der Waals surface area (Å²) in [5.41, 5.74) is 2.31. The van der Waals surface area contributed by atoms with E-state index in [2.05, 4.69) is 28.4 Å². The summed E-state index contributed by atoms with van der Waals surface area (Å²) in [4.78, 5) is 29.7. The minimum Gasteiger partial charge on any atom is -0.496 e. The second-order valence-corrected chi connectivity index (χ2v) is 8.72. The maximum Gasteiger partial charge on any atom is 0.225 e. The van der Waals surface area contributed by atoms with Crippen molar-refractivity contribution in [3.05, 3.63) is 65.7 Å². The van der Waals surface area contributed by atoms with Gasteiger partial charge in [-0.3, -0.25) is 14.5 Å². The van der Waals surface area contributed by atoms with Crippen LogP contribution in [0.4, 0.5) is 0 Å². The van der Waals surface area contributed by atoms with E-state index < -0.39 is 0 Å². The molecule has 6 heteroatoms. The molecule has 2 unspecified atom stereocenters. The average Bonchev–Trinajstić information content (AvgIpc) is 3.49. The van der Waals surface area contributed by atoms with Gasteiger partial charge in [0.15, 0.2) is 0 Å². The summed E-state index contributed by atoms with van der Waals surface area (Å²) in [5, 5.41) is 3.15. The molecule has 0 radical (unpaired) electrons. The lowest BCUT2D eigenvalue weighted by Crippen LogP contribution is -2.40. The molecular formula is C26H33N3O3. The smallest absolute Gasteiger partial charge is 0.225 e. The Balaban J connectivity index is 1.35. The Morgan fingerprint density at radius 1 is 1.09 bits per heavy atom. The van der Waals surface area contributed by atoms with Gasteiger partial charge in [0.25, 0.3) is 0 Å². The van der Waals surface area contributed by atoms with Gasteiger partial charge in [0.2, 0.25) is 11.8 Å². The third-order valence-electron chi connectivity index (χ3n) is 6.65. The quantitative estimate of drug-likeness (QED) is 0.658. The van der Waals surface area contributed by atoms with E-state index in [0.29, 0.717) is 26.1 Å². The zero-order chi connectivity index (χ0) is 22.3. The van der Waals surface area contributed by atoms with Crippen LogP contribution in [-0.2, 0) is 16.0 Å². The Kier molecular flexibility index (Phi) is 7.43. The number of likely N-dealkylation sites (tertiary alicyclic amines) is 2. The van der Waals surface area contributed by atoms with Gasteiger partial charge in [-0.05, 0) is 44.0 Å². The van der Waals surface area contributed by atoms with Crippen LogP contribution in [0, 0.1) is 5.92 Å². The maximum atomic E-state index is 13.0. The molecule has 2 aromatic carbocycles. The van der Waals surface area contributed by atoms with Crippen LogP contribution in [0.25, 0.3) is 0 Å². The molecular weight excluding hydrogens is 402 g/mol. The van der Waals surface area contributed by atoms with Gasteiger partial charge in [0.05, 0.1) is 19.1 Å². The SMILES string of the molecule is COc1ccccc1C(CNC(=O)C1CC(=O)N(CCc2ccccc2)C1)N1CCCC1. The molecule has 2 saturated heterocycles. The van der Waals surface area contributed by atoms with E-state index in [9.17, 15) is 9.59 Å². The minimum atomic E-state index is -0.282. The molecule has 2 aliphatic rings. The molecule has 2 heterocycles. The largest absolute Gasteiger partial charge is 0.496 e. The number of benzene rings is 2.